The van der Waals surface area contributed by atoms with Gasteiger partial charge in [-0.05, 0) is 31.0 Å². The minimum Gasteiger partial charge on any atom is -0.465 e. The Morgan fingerprint density at radius 1 is 1.44 bits per heavy atom. The molecule has 3 nitrogen and oxygen atoms in total. The van der Waals surface area contributed by atoms with Gasteiger partial charge >= 0.3 is 5.97 Å². The van der Waals surface area contributed by atoms with Crippen molar-refractivity contribution in [3.63, 3.8) is 0 Å². The molecule has 1 aliphatic carbocycles. The fraction of sp³-hybridized carbons (Fsp3) is 0.429. The molecule has 1 aliphatic rings. The molecule has 1 aromatic rings. The highest BCUT2D eigenvalue weighted by Crippen LogP contribution is 2.44. The second kappa shape index (κ2) is 5.11. The molecule has 0 aromatic heterocycles. The molecule has 0 amide bonds. The molecule has 18 heavy (non-hydrogen) atoms. The molecule has 0 N–H and O–H groups in total. The van der Waals surface area contributed by atoms with Gasteiger partial charge in [0.05, 0.1) is 18.2 Å². The van der Waals surface area contributed by atoms with Gasteiger partial charge < -0.3 is 9.58 Å². The zero-order chi connectivity index (χ0) is 13.2. The van der Waals surface area contributed by atoms with Crippen molar-refractivity contribution in [3.8, 4) is 0 Å². The van der Waals surface area contributed by atoms with Crippen LogP contribution >= 0.6 is 15.9 Å². The largest absolute Gasteiger partial charge is 0.465 e. The topological polar surface area (TPSA) is 30.7 Å². The first-order valence-corrected chi connectivity index (χ1v) is 6.69. The van der Waals surface area contributed by atoms with Crippen molar-refractivity contribution in [1.82, 2.24) is 0 Å². The van der Waals surface area contributed by atoms with Crippen molar-refractivity contribution in [2.45, 2.75) is 31.2 Å². The number of halogens is 1. The molecule has 0 unspecified atom stereocenters. The molecule has 0 bridgehead atoms. The Morgan fingerprint density at radius 2 is 2.11 bits per heavy atom. The summed E-state index contributed by atoms with van der Waals surface area (Å²) in [6, 6.07) is 5.43. The lowest BCUT2D eigenvalue weighted by Crippen LogP contribution is -2.21. The number of ether oxygens (including phenoxy) is 1. The van der Waals surface area contributed by atoms with Gasteiger partial charge in [-0.2, -0.15) is 0 Å². The number of nitrogens with zero attached hydrogens (tertiary/aromatic N) is 1. The van der Waals surface area contributed by atoms with Gasteiger partial charge in [-0.1, -0.05) is 15.9 Å². The van der Waals surface area contributed by atoms with Gasteiger partial charge in [0.2, 0.25) is 0 Å². The smallest absolute Gasteiger partial charge is 0.338 e. The Balaban J connectivity index is 2.58. The van der Waals surface area contributed by atoms with E-state index in [4.69, 9.17) is 11.3 Å². The number of hydrogen-bond acceptors (Lipinski definition) is 2. The van der Waals surface area contributed by atoms with Crippen LogP contribution in [0.5, 0.6) is 0 Å². The number of carbonyl (C=O) groups excluding carboxylic acids is 1. The molecule has 0 spiro atoms. The number of methoxy groups -OCH3 is 1. The van der Waals surface area contributed by atoms with Gasteiger partial charge in [0.1, 0.15) is 0 Å². The number of carbonyl (C=O) groups is 1. The van der Waals surface area contributed by atoms with Gasteiger partial charge in [-0.25, -0.2) is 11.4 Å². The summed E-state index contributed by atoms with van der Waals surface area (Å²) in [6.45, 7) is 7.51. The number of benzene rings is 1. The molecule has 4 heteroatoms. The summed E-state index contributed by atoms with van der Waals surface area (Å²) in [7, 11) is 1.37. The number of hydrogen-bond donors (Lipinski definition) is 0. The molecule has 0 heterocycles. The van der Waals surface area contributed by atoms with E-state index >= 15 is 0 Å². The highest BCUT2D eigenvalue weighted by Gasteiger charge is 2.44. The van der Waals surface area contributed by atoms with Crippen molar-refractivity contribution >= 4 is 21.9 Å². The van der Waals surface area contributed by atoms with Crippen molar-refractivity contribution in [2.75, 3.05) is 7.11 Å². The van der Waals surface area contributed by atoms with Crippen LogP contribution in [0.1, 0.15) is 41.6 Å². The molecule has 0 atom stereocenters. The Labute approximate surface area is 115 Å². The molecule has 1 aromatic carbocycles. The van der Waals surface area contributed by atoms with Gasteiger partial charge in [0.25, 0.3) is 5.54 Å². The Morgan fingerprint density at radius 3 is 2.67 bits per heavy atom. The maximum atomic E-state index is 11.8. The molecule has 1 saturated carbocycles. The fourth-order valence-corrected chi connectivity index (χ4v) is 2.95. The van der Waals surface area contributed by atoms with Crippen LogP contribution < -0.4 is 0 Å². The minimum absolute atomic E-state index is 0.368. The molecule has 0 aliphatic heterocycles. The van der Waals surface area contributed by atoms with E-state index in [-0.39, 0.29) is 5.97 Å². The van der Waals surface area contributed by atoms with Crippen LogP contribution in [0.4, 0.5) is 0 Å². The lowest BCUT2D eigenvalue weighted by atomic mass is 9.85. The van der Waals surface area contributed by atoms with E-state index in [1.165, 1.54) is 7.11 Å². The van der Waals surface area contributed by atoms with Gasteiger partial charge in [-0.3, -0.25) is 0 Å². The second-order valence-corrected chi connectivity index (χ2v) is 5.45. The van der Waals surface area contributed by atoms with Crippen molar-refractivity contribution in [1.29, 1.82) is 0 Å². The first-order chi connectivity index (χ1) is 8.63. The Kier molecular flexibility index (Phi) is 3.72. The van der Waals surface area contributed by atoms with Crippen molar-refractivity contribution in [2.24, 2.45) is 0 Å². The average molecular weight is 308 g/mol. The highest BCUT2D eigenvalue weighted by molar-refractivity contribution is 9.10. The zero-order valence-electron chi connectivity index (χ0n) is 10.2. The summed E-state index contributed by atoms with van der Waals surface area (Å²) in [4.78, 5) is 15.6. The SMILES string of the molecule is [C-]#[N+]C1(c2cc(Br)ccc2C(=O)OC)CCCC1. The molecule has 2 rings (SSSR count). The summed E-state index contributed by atoms with van der Waals surface area (Å²) in [5.41, 5.74) is 0.766. The quantitative estimate of drug-likeness (QED) is 0.612. The van der Waals surface area contributed by atoms with Crippen LogP contribution in [0, 0.1) is 6.57 Å². The summed E-state index contributed by atoms with van der Waals surface area (Å²) < 4.78 is 5.70. The number of esters is 1. The van der Waals surface area contributed by atoms with Gasteiger partial charge in [-0.15, -0.1) is 0 Å². The molecular formula is C14H14BrNO2. The average Bonchev–Trinajstić information content (AvgIpc) is 2.87. The first kappa shape index (κ1) is 13.1. The van der Waals surface area contributed by atoms with Crippen LogP contribution in [0.25, 0.3) is 4.85 Å². The zero-order valence-corrected chi connectivity index (χ0v) is 11.8. The van der Waals surface area contributed by atoms with Gasteiger partial charge in [0.15, 0.2) is 0 Å². The summed E-state index contributed by atoms with van der Waals surface area (Å²) in [5.74, 6) is -0.368. The molecule has 0 radical (unpaired) electrons. The predicted octanol–water partition coefficient (Wildman–Crippen LogP) is 3.92. The van der Waals surface area contributed by atoms with Crippen LogP contribution in [-0.2, 0) is 10.3 Å². The van der Waals surface area contributed by atoms with Crippen LogP contribution in [-0.4, -0.2) is 13.1 Å². The molecule has 1 fully saturated rings. The van der Waals surface area contributed by atoms with E-state index in [9.17, 15) is 4.79 Å². The maximum absolute atomic E-state index is 11.8. The highest BCUT2D eigenvalue weighted by atomic mass is 79.9. The first-order valence-electron chi connectivity index (χ1n) is 5.90. The van der Waals surface area contributed by atoms with E-state index in [1.54, 1.807) is 6.07 Å². The predicted molar refractivity (Wildman–Crippen MR) is 72.2 cm³/mol. The Hall–Kier alpha value is -1.34. The van der Waals surface area contributed by atoms with E-state index in [2.05, 4.69) is 20.8 Å². The van der Waals surface area contributed by atoms with Gasteiger partial charge in [0, 0.05) is 17.3 Å². The summed E-state index contributed by atoms with van der Waals surface area (Å²) >= 11 is 3.41. The van der Waals surface area contributed by atoms with E-state index < -0.39 is 5.54 Å². The standard InChI is InChI=1S/C14H14BrNO2/c1-16-14(7-3-4-8-14)12-9-10(15)5-6-11(12)13(17)18-2/h5-6,9H,3-4,7-8H2,2H3. The van der Waals surface area contributed by atoms with Crippen LogP contribution in [0.15, 0.2) is 22.7 Å². The summed E-state index contributed by atoms with van der Waals surface area (Å²) in [5, 5.41) is 0. The lowest BCUT2D eigenvalue weighted by Gasteiger charge is -2.19. The van der Waals surface area contributed by atoms with Crippen LogP contribution in [0.2, 0.25) is 0 Å². The minimum atomic E-state index is -0.548. The molecular weight excluding hydrogens is 294 g/mol. The number of rotatable bonds is 2. The Bertz CT molecular complexity index is 513. The molecule has 0 saturated heterocycles. The fourth-order valence-electron chi connectivity index (χ4n) is 2.59. The monoisotopic (exact) mass is 307 g/mol. The third-order valence-electron chi connectivity index (χ3n) is 3.53. The third kappa shape index (κ3) is 2.15. The normalized spacial score (nSPS) is 17.2. The summed E-state index contributed by atoms with van der Waals surface area (Å²) in [6.07, 6.45) is 3.71. The maximum Gasteiger partial charge on any atom is 0.338 e. The second-order valence-electron chi connectivity index (χ2n) is 4.53. The van der Waals surface area contributed by atoms with E-state index in [0.717, 1.165) is 35.7 Å². The van der Waals surface area contributed by atoms with Crippen molar-refractivity contribution in [3.05, 3.63) is 45.2 Å². The van der Waals surface area contributed by atoms with E-state index in [0.29, 0.717) is 5.56 Å². The third-order valence-corrected chi connectivity index (χ3v) is 4.03. The van der Waals surface area contributed by atoms with Crippen LogP contribution in [0.3, 0.4) is 0 Å². The van der Waals surface area contributed by atoms with E-state index in [1.807, 2.05) is 12.1 Å². The van der Waals surface area contributed by atoms with Crippen molar-refractivity contribution < 1.29 is 9.53 Å². The lowest BCUT2D eigenvalue weighted by molar-refractivity contribution is 0.0598. The molecule has 94 valence electrons.